The largest absolute Gasteiger partial charge is 0.330 e. The van der Waals surface area contributed by atoms with Crippen molar-refractivity contribution in [2.45, 2.75) is 31.3 Å². The number of nitrogens with zero attached hydrogens (tertiary/aromatic N) is 1. The van der Waals surface area contributed by atoms with E-state index < -0.39 is 0 Å². The van der Waals surface area contributed by atoms with Gasteiger partial charge < -0.3 is 5.73 Å². The molecule has 1 aromatic carbocycles. The van der Waals surface area contributed by atoms with E-state index in [0.29, 0.717) is 23.5 Å². The zero-order chi connectivity index (χ0) is 12.7. The summed E-state index contributed by atoms with van der Waals surface area (Å²) in [6.07, 6.45) is 3.52. The van der Waals surface area contributed by atoms with Crippen LogP contribution in [0.4, 0.5) is 4.39 Å². The van der Waals surface area contributed by atoms with E-state index in [9.17, 15) is 4.39 Å². The fourth-order valence-corrected chi connectivity index (χ4v) is 3.30. The topological polar surface area (TPSA) is 29.3 Å². The van der Waals surface area contributed by atoms with Crippen molar-refractivity contribution in [3.63, 3.8) is 0 Å². The lowest BCUT2D eigenvalue weighted by Gasteiger charge is -2.28. The number of hydrogen-bond donors (Lipinski definition) is 1. The van der Waals surface area contributed by atoms with Gasteiger partial charge in [-0.2, -0.15) is 0 Å². The van der Waals surface area contributed by atoms with Gasteiger partial charge in [-0.25, -0.2) is 4.39 Å². The highest BCUT2D eigenvalue weighted by atomic mass is 35.5. The first-order valence-corrected chi connectivity index (χ1v) is 6.99. The van der Waals surface area contributed by atoms with Gasteiger partial charge in [-0.05, 0) is 56.5 Å². The molecule has 1 aliphatic heterocycles. The molecule has 2 atom stereocenters. The van der Waals surface area contributed by atoms with Gasteiger partial charge in [0.15, 0.2) is 0 Å². The molecule has 0 amide bonds. The Bertz CT molecular complexity index is 447. The number of nitrogens with two attached hydrogens (primary N) is 1. The van der Waals surface area contributed by atoms with Crippen molar-refractivity contribution in [2.75, 3.05) is 13.1 Å². The van der Waals surface area contributed by atoms with Crippen LogP contribution in [-0.4, -0.2) is 24.0 Å². The fraction of sp³-hybridized carbons (Fsp3) is 0.571. The molecule has 0 radical (unpaired) electrons. The van der Waals surface area contributed by atoms with Crippen LogP contribution in [0.3, 0.4) is 0 Å². The van der Waals surface area contributed by atoms with Gasteiger partial charge in [0.05, 0.1) is 0 Å². The molecule has 2 nitrogen and oxygen atoms in total. The van der Waals surface area contributed by atoms with Crippen LogP contribution in [0.15, 0.2) is 18.2 Å². The zero-order valence-corrected chi connectivity index (χ0v) is 11.0. The quantitative estimate of drug-likeness (QED) is 0.913. The van der Waals surface area contributed by atoms with Crippen LogP contribution in [0.2, 0.25) is 5.02 Å². The molecule has 2 fully saturated rings. The average molecular weight is 269 g/mol. The molecule has 0 spiro atoms. The molecular weight excluding hydrogens is 251 g/mol. The maximum absolute atomic E-state index is 14.1. The van der Waals surface area contributed by atoms with Crippen LogP contribution >= 0.6 is 11.6 Å². The SMILES string of the molecule is NCC1CCN(C2CC2)C1c1cc(Cl)ccc1F. The van der Waals surface area contributed by atoms with E-state index >= 15 is 0 Å². The summed E-state index contributed by atoms with van der Waals surface area (Å²) in [5.74, 6) is 0.189. The molecule has 0 aromatic heterocycles. The van der Waals surface area contributed by atoms with Crippen LogP contribution in [0.5, 0.6) is 0 Å². The Morgan fingerprint density at radius 1 is 1.33 bits per heavy atom. The number of rotatable bonds is 3. The molecule has 1 aromatic rings. The van der Waals surface area contributed by atoms with Crippen molar-refractivity contribution < 1.29 is 4.39 Å². The van der Waals surface area contributed by atoms with Crippen molar-refractivity contribution in [1.82, 2.24) is 4.90 Å². The molecule has 1 heterocycles. The van der Waals surface area contributed by atoms with E-state index in [0.717, 1.165) is 18.5 Å². The van der Waals surface area contributed by atoms with Crippen molar-refractivity contribution in [3.05, 3.63) is 34.6 Å². The molecule has 1 aliphatic carbocycles. The minimum absolute atomic E-state index is 0.112. The van der Waals surface area contributed by atoms with Crippen LogP contribution in [-0.2, 0) is 0 Å². The zero-order valence-electron chi connectivity index (χ0n) is 10.3. The number of halogens is 2. The predicted molar refractivity (Wildman–Crippen MR) is 71.0 cm³/mol. The Morgan fingerprint density at radius 2 is 2.11 bits per heavy atom. The van der Waals surface area contributed by atoms with Crippen LogP contribution in [0.25, 0.3) is 0 Å². The molecule has 98 valence electrons. The molecule has 1 saturated heterocycles. The van der Waals surface area contributed by atoms with Crippen molar-refractivity contribution >= 4 is 11.6 Å². The molecule has 1 saturated carbocycles. The molecular formula is C14H18ClFN2. The van der Waals surface area contributed by atoms with Crippen LogP contribution in [0, 0.1) is 11.7 Å². The van der Waals surface area contributed by atoms with Gasteiger partial charge in [0.25, 0.3) is 0 Å². The van der Waals surface area contributed by atoms with Crippen LogP contribution in [0.1, 0.15) is 30.9 Å². The normalized spacial score (nSPS) is 28.8. The third-order valence-corrected chi connectivity index (χ3v) is 4.39. The molecule has 3 rings (SSSR count). The van der Waals surface area contributed by atoms with E-state index in [4.69, 9.17) is 17.3 Å². The first-order chi connectivity index (χ1) is 8.70. The Hall–Kier alpha value is -0.640. The Kier molecular flexibility index (Phi) is 3.31. The molecule has 18 heavy (non-hydrogen) atoms. The third-order valence-electron chi connectivity index (χ3n) is 4.16. The standard InChI is InChI=1S/C14H18ClFN2/c15-10-1-4-13(16)12(7-10)14-9(8-17)5-6-18(14)11-2-3-11/h1,4,7,9,11,14H,2-3,5-6,8,17H2. The van der Waals surface area contributed by atoms with Crippen molar-refractivity contribution in [1.29, 1.82) is 0 Å². The second kappa shape index (κ2) is 4.80. The van der Waals surface area contributed by atoms with Gasteiger partial charge in [0.2, 0.25) is 0 Å². The minimum Gasteiger partial charge on any atom is -0.330 e. The average Bonchev–Trinajstić information content (AvgIpc) is 3.12. The Labute approximate surface area is 112 Å². The van der Waals surface area contributed by atoms with Gasteiger partial charge in [0.1, 0.15) is 5.82 Å². The van der Waals surface area contributed by atoms with E-state index in [-0.39, 0.29) is 11.9 Å². The number of hydrogen-bond acceptors (Lipinski definition) is 2. The summed E-state index contributed by atoms with van der Waals surface area (Å²) in [6.45, 7) is 1.64. The predicted octanol–water partition coefficient (Wildman–Crippen LogP) is 2.96. The maximum atomic E-state index is 14.1. The third kappa shape index (κ3) is 2.15. The summed E-state index contributed by atoms with van der Waals surface area (Å²) >= 11 is 6.01. The van der Waals surface area contributed by atoms with Gasteiger partial charge >= 0.3 is 0 Å². The fourth-order valence-electron chi connectivity index (χ4n) is 3.12. The highest BCUT2D eigenvalue weighted by Gasteiger charge is 2.43. The lowest BCUT2D eigenvalue weighted by atomic mass is 9.93. The Morgan fingerprint density at radius 3 is 2.78 bits per heavy atom. The van der Waals surface area contributed by atoms with Gasteiger partial charge in [-0.1, -0.05) is 11.6 Å². The van der Waals surface area contributed by atoms with Crippen LogP contribution < -0.4 is 5.73 Å². The first-order valence-electron chi connectivity index (χ1n) is 6.61. The second-order valence-corrected chi connectivity index (χ2v) is 5.80. The first kappa shape index (κ1) is 12.4. The summed E-state index contributed by atoms with van der Waals surface area (Å²) in [5.41, 5.74) is 6.57. The number of likely N-dealkylation sites (tertiary alicyclic amines) is 1. The maximum Gasteiger partial charge on any atom is 0.128 e. The van der Waals surface area contributed by atoms with E-state index in [1.807, 2.05) is 0 Å². The number of benzene rings is 1. The lowest BCUT2D eigenvalue weighted by molar-refractivity contribution is 0.215. The molecule has 2 N–H and O–H groups in total. The van der Waals surface area contributed by atoms with E-state index in [1.54, 1.807) is 12.1 Å². The summed E-state index contributed by atoms with van der Waals surface area (Å²) < 4.78 is 14.1. The molecule has 2 aliphatic rings. The van der Waals surface area contributed by atoms with Crippen molar-refractivity contribution in [3.8, 4) is 0 Å². The van der Waals surface area contributed by atoms with E-state index in [2.05, 4.69) is 4.90 Å². The molecule has 4 heteroatoms. The highest BCUT2D eigenvalue weighted by Crippen LogP contribution is 2.44. The van der Waals surface area contributed by atoms with Gasteiger partial charge in [0, 0.05) is 22.7 Å². The monoisotopic (exact) mass is 268 g/mol. The Balaban J connectivity index is 1.97. The summed E-state index contributed by atoms with van der Waals surface area (Å²) in [5, 5.41) is 0.602. The lowest BCUT2D eigenvalue weighted by Crippen LogP contribution is -2.30. The summed E-state index contributed by atoms with van der Waals surface area (Å²) in [6, 6.07) is 5.58. The smallest absolute Gasteiger partial charge is 0.128 e. The summed E-state index contributed by atoms with van der Waals surface area (Å²) in [4.78, 5) is 2.42. The van der Waals surface area contributed by atoms with Gasteiger partial charge in [-0.15, -0.1) is 0 Å². The van der Waals surface area contributed by atoms with Crippen molar-refractivity contribution in [2.24, 2.45) is 11.7 Å². The molecule has 2 unspecified atom stereocenters. The second-order valence-electron chi connectivity index (χ2n) is 5.36. The van der Waals surface area contributed by atoms with E-state index in [1.165, 1.54) is 18.9 Å². The van der Waals surface area contributed by atoms with Gasteiger partial charge in [-0.3, -0.25) is 4.90 Å². The summed E-state index contributed by atoms with van der Waals surface area (Å²) in [7, 11) is 0. The molecule has 0 bridgehead atoms. The highest BCUT2D eigenvalue weighted by molar-refractivity contribution is 6.30. The minimum atomic E-state index is -0.157.